The first kappa shape index (κ1) is 13.3. The van der Waals surface area contributed by atoms with E-state index in [0.717, 1.165) is 26.2 Å². The van der Waals surface area contributed by atoms with Gasteiger partial charge in [-0.25, -0.2) is 4.79 Å². The van der Waals surface area contributed by atoms with Gasteiger partial charge < -0.3 is 9.64 Å². The molecule has 1 aliphatic heterocycles. The van der Waals surface area contributed by atoms with Gasteiger partial charge in [0.25, 0.3) is 0 Å². The molecule has 1 heterocycles. The van der Waals surface area contributed by atoms with E-state index in [-0.39, 0.29) is 6.09 Å². The van der Waals surface area contributed by atoms with Crippen molar-refractivity contribution in [2.45, 2.75) is 46.3 Å². The summed E-state index contributed by atoms with van der Waals surface area (Å²) < 4.78 is 5.36. The highest BCUT2D eigenvalue weighted by molar-refractivity contribution is 5.68. The lowest BCUT2D eigenvalue weighted by Gasteiger charge is -2.39. The summed E-state index contributed by atoms with van der Waals surface area (Å²) in [5.74, 6) is 0. The Kier molecular flexibility index (Phi) is 4.19. The summed E-state index contributed by atoms with van der Waals surface area (Å²) in [6.45, 7) is 13.5. The van der Waals surface area contributed by atoms with Crippen molar-refractivity contribution in [2.24, 2.45) is 0 Å². The molecule has 0 radical (unpaired) electrons. The molecule has 1 aliphatic rings. The van der Waals surface area contributed by atoms with Gasteiger partial charge in [-0.05, 0) is 34.2 Å². The third-order valence-corrected chi connectivity index (χ3v) is 2.82. The van der Waals surface area contributed by atoms with Crippen LogP contribution in [0.2, 0.25) is 0 Å². The van der Waals surface area contributed by atoms with E-state index in [4.69, 9.17) is 4.74 Å². The zero-order valence-electron chi connectivity index (χ0n) is 11.1. The van der Waals surface area contributed by atoms with Gasteiger partial charge in [-0.3, -0.25) is 4.90 Å². The monoisotopic (exact) mass is 228 g/mol. The number of carbonyl (C=O) groups excluding carboxylic acids is 1. The van der Waals surface area contributed by atoms with Gasteiger partial charge in [-0.15, -0.1) is 0 Å². The summed E-state index contributed by atoms with van der Waals surface area (Å²) in [6.07, 6.45) is -0.185. The van der Waals surface area contributed by atoms with Crippen molar-refractivity contribution in [3.05, 3.63) is 0 Å². The van der Waals surface area contributed by atoms with Crippen LogP contribution in [0.1, 0.15) is 34.6 Å². The summed E-state index contributed by atoms with van der Waals surface area (Å²) in [7, 11) is 0. The van der Waals surface area contributed by atoms with E-state index in [2.05, 4.69) is 18.7 Å². The van der Waals surface area contributed by atoms with Crippen LogP contribution < -0.4 is 0 Å². The topological polar surface area (TPSA) is 32.8 Å². The predicted octanol–water partition coefficient (Wildman–Crippen LogP) is 1.95. The standard InChI is InChI=1S/C12H24N2O2/c1-6-13-7-8-14(9-10(13)2)11(15)16-12(3,4)5/h10H,6-9H2,1-5H3/t10-/m1/s1. The van der Waals surface area contributed by atoms with E-state index in [1.807, 2.05) is 25.7 Å². The molecule has 0 bridgehead atoms. The number of piperazine rings is 1. The van der Waals surface area contributed by atoms with Gasteiger partial charge in [-0.2, -0.15) is 0 Å². The van der Waals surface area contributed by atoms with Gasteiger partial charge in [0.15, 0.2) is 0 Å². The first-order valence-electron chi connectivity index (χ1n) is 6.05. The van der Waals surface area contributed by atoms with Crippen molar-refractivity contribution < 1.29 is 9.53 Å². The van der Waals surface area contributed by atoms with E-state index in [1.165, 1.54) is 0 Å². The number of amides is 1. The molecule has 0 aromatic rings. The smallest absolute Gasteiger partial charge is 0.410 e. The van der Waals surface area contributed by atoms with Gasteiger partial charge in [0.1, 0.15) is 5.60 Å². The van der Waals surface area contributed by atoms with Gasteiger partial charge in [0, 0.05) is 25.7 Å². The minimum absolute atomic E-state index is 0.185. The Balaban J connectivity index is 2.48. The van der Waals surface area contributed by atoms with Crippen LogP contribution in [0, 0.1) is 0 Å². The summed E-state index contributed by atoms with van der Waals surface area (Å²) in [5, 5.41) is 0. The third-order valence-electron chi connectivity index (χ3n) is 2.82. The summed E-state index contributed by atoms with van der Waals surface area (Å²) >= 11 is 0. The van der Waals surface area contributed by atoms with Crippen LogP contribution in [0.15, 0.2) is 0 Å². The summed E-state index contributed by atoms with van der Waals surface area (Å²) in [5.41, 5.74) is -0.401. The van der Waals surface area contributed by atoms with Crippen molar-refractivity contribution in [2.75, 3.05) is 26.2 Å². The number of likely N-dealkylation sites (N-methyl/N-ethyl adjacent to an activating group) is 1. The third kappa shape index (κ3) is 3.67. The lowest BCUT2D eigenvalue weighted by Crippen LogP contribution is -2.54. The second kappa shape index (κ2) is 5.04. The first-order valence-corrected chi connectivity index (χ1v) is 6.05. The zero-order valence-corrected chi connectivity index (χ0v) is 11.1. The molecule has 1 saturated heterocycles. The van der Waals surface area contributed by atoms with Crippen LogP contribution in [0.5, 0.6) is 0 Å². The van der Waals surface area contributed by atoms with E-state index < -0.39 is 5.60 Å². The van der Waals surface area contributed by atoms with Crippen molar-refractivity contribution in [3.8, 4) is 0 Å². The molecule has 94 valence electrons. The van der Waals surface area contributed by atoms with E-state index in [9.17, 15) is 4.79 Å². The van der Waals surface area contributed by atoms with E-state index >= 15 is 0 Å². The van der Waals surface area contributed by atoms with Crippen LogP contribution in [-0.2, 0) is 4.74 Å². The van der Waals surface area contributed by atoms with Gasteiger partial charge in [-0.1, -0.05) is 6.92 Å². The highest BCUT2D eigenvalue weighted by atomic mass is 16.6. The number of rotatable bonds is 1. The fourth-order valence-corrected chi connectivity index (χ4v) is 1.96. The summed E-state index contributed by atoms with van der Waals surface area (Å²) in [4.78, 5) is 16.0. The number of hydrogen-bond acceptors (Lipinski definition) is 3. The van der Waals surface area contributed by atoms with Crippen LogP contribution >= 0.6 is 0 Å². The number of hydrogen-bond donors (Lipinski definition) is 0. The minimum Gasteiger partial charge on any atom is -0.444 e. The van der Waals surface area contributed by atoms with Crippen molar-refractivity contribution >= 4 is 6.09 Å². The molecule has 0 aliphatic carbocycles. The average Bonchev–Trinajstić information content (AvgIpc) is 2.15. The van der Waals surface area contributed by atoms with Crippen LogP contribution in [0.3, 0.4) is 0 Å². The number of ether oxygens (including phenoxy) is 1. The van der Waals surface area contributed by atoms with Crippen molar-refractivity contribution in [3.63, 3.8) is 0 Å². The summed E-state index contributed by atoms with van der Waals surface area (Å²) in [6, 6.07) is 0.422. The average molecular weight is 228 g/mol. The zero-order chi connectivity index (χ0) is 12.3. The molecule has 0 saturated carbocycles. The predicted molar refractivity (Wildman–Crippen MR) is 64.5 cm³/mol. The maximum atomic E-state index is 11.8. The molecule has 1 rings (SSSR count). The number of nitrogens with zero attached hydrogens (tertiary/aromatic N) is 2. The quantitative estimate of drug-likeness (QED) is 0.687. The molecule has 0 aromatic carbocycles. The molecular formula is C12H24N2O2. The molecule has 1 amide bonds. The van der Waals surface area contributed by atoms with Gasteiger partial charge in [0.05, 0.1) is 0 Å². The Morgan fingerprint density at radius 2 is 2.00 bits per heavy atom. The van der Waals surface area contributed by atoms with E-state index in [1.54, 1.807) is 0 Å². The van der Waals surface area contributed by atoms with E-state index in [0.29, 0.717) is 6.04 Å². The number of carbonyl (C=O) groups is 1. The second-order valence-electron chi connectivity index (χ2n) is 5.40. The van der Waals surface area contributed by atoms with Gasteiger partial charge in [0.2, 0.25) is 0 Å². The Morgan fingerprint density at radius 3 is 2.44 bits per heavy atom. The van der Waals surface area contributed by atoms with Crippen LogP contribution in [0.25, 0.3) is 0 Å². The molecule has 0 unspecified atom stereocenters. The van der Waals surface area contributed by atoms with Crippen molar-refractivity contribution in [1.82, 2.24) is 9.80 Å². The Hall–Kier alpha value is -0.770. The van der Waals surface area contributed by atoms with Gasteiger partial charge >= 0.3 is 6.09 Å². The lowest BCUT2D eigenvalue weighted by atomic mass is 10.2. The highest BCUT2D eigenvalue weighted by Crippen LogP contribution is 2.14. The first-order chi connectivity index (χ1) is 7.33. The molecule has 4 nitrogen and oxygen atoms in total. The molecule has 0 N–H and O–H groups in total. The van der Waals surface area contributed by atoms with Crippen LogP contribution in [-0.4, -0.2) is 53.7 Å². The SMILES string of the molecule is CCN1CCN(C(=O)OC(C)(C)C)C[C@H]1C. The van der Waals surface area contributed by atoms with Crippen LogP contribution in [0.4, 0.5) is 4.79 Å². The lowest BCUT2D eigenvalue weighted by molar-refractivity contribution is 0.00656. The Morgan fingerprint density at radius 1 is 1.38 bits per heavy atom. The fourth-order valence-electron chi connectivity index (χ4n) is 1.96. The maximum absolute atomic E-state index is 11.8. The second-order valence-corrected chi connectivity index (χ2v) is 5.40. The fraction of sp³-hybridized carbons (Fsp3) is 0.917. The molecule has 0 aromatic heterocycles. The molecular weight excluding hydrogens is 204 g/mol. The highest BCUT2D eigenvalue weighted by Gasteiger charge is 2.28. The van der Waals surface area contributed by atoms with Crippen molar-refractivity contribution in [1.29, 1.82) is 0 Å². The molecule has 4 heteroatoms. The maximum Gasteiger partial charge on any atom is 0.410 e. The Labute approximate surface area is 98.5 Å². The molecule has 1 atom stereocenters. The largest absolute Gasteiger partial charge is 0.444 e. The molecule has 16 heavy (non-hydrogen) atoms. The molecule has 0 spiro atoms. The minimum atomic E-state index is -0.401. The Bertz CT molecular complexity index is 248. The molecule has 1 fully saturated rings. The normalized spacial score (nSPS) is 23.3.